The predicted octanol–water partition coefficient (Wildman–Crippen LogP) is 4.90. The Kier molecular flexibility index (Phi) is 4.67. The molecule has 5 heteroatoms. The number of methoxy groups -OCH3 is 1. The number of nitrogens with one attached hydrogen (secondary N) is 2. The molecule has 2 aromatic carbocycles. The van der Waals surface area contributed by atoms with Crippen LogP contribution in [0.3, 0.4) is 0 Å². The van der Waals surface area contributed by atoms with Gasteiger partial charge in [0.2, 0.25) is 0 Å². The Balaban J connectivity index is 1.73. The van der Waals surface area contributed by atoms with Crippen molar-refractivity contribution in [3.05, 3.63) is 60.3 Å². The van der Waals surface area contributed by atoms with Crippen LogP contribution in [-0.4, -0.2) is 28.6 Å². The van der Waals surface area contributed by atoms with E-state index in [1.54, 1.807) is 7.11 Å². The molecule has 2 N–H and O–H groups in total. The first kappa shape index (κ1) is 17.3. The molecule has 0 aliphatic heterocycles. The Morgan fingerprint density at radius 1 is 1.19 bits per heavy atom. The van der Waals surface area contributed by atoms with Gasteiger partial charge in [-0.1, -0.05) is 19.1 Å². The van der Waals surface area contributed by atoms with E-state index in [0.29, 0.717) is 11.8 Å². The largest absolute Gasteiger partial charge is 0.497 e. The van der Waals surface area contributed by atoms with Crippen molar-refractivity contribution in [2.24, 2.45) is 0 Å². The first-order chi connectivity index (χ1) is 13.2. The van der Waals surface area contributed by atoms with Crippen molar-refractivity contribution in [3.8, 4) is 22.7 Å². The van der Waals surface area contributed by atoms with Gasteiger partial charge in [-0.05, 0) is 55.7 Å². The molecule has 1 aliphatic carbocycles. The molecule has 1 aromatic heterocycles. The van der Waals surface area contributed by atoms with Gasteiger partial charge in [-0.15, -0.1) is 0 Å². The minimum Gasteiger partial charge on any atom is -0.497 e. The molecule has 27 heavy (non-hydrogen) atoms. The molecule has 0 saturated heterocycles. The molecule has 0 amide bonds. The normalized spacial score (nSPS) is 13.4. The summed E-state index contributed by atoms with van der Waals surface area (Å²) in [6.07, 6.45) is 4.94. The van der Waals surface area contributed by atoms with Crippen molar-refractivity contribution in [1.29, 1.82) is 5.41 Å². The third kappa shape index (κ3) is 3.58. The summed E-state index contributed by atoms with van der Waals surface area (Å²) in [6, 6.07) is 16.7. The first-order valence-corrected chi connectivity index (χ1v) is 9.37. The lowest BCUT2D eigenvalue weighted by Crippen LogP contribution is -2.08. The summed E-state index contributed by atoms with van der Waals surface area (Å²) in [7, 11) is 1.66. The van der Waals surface area contributed by atoms with E-state index in [1.807, 2.05) is 48.1 Å². The smallest absolute Gasteiger partial charge is 0.119 e. The maximum absolute atomic E-state index is 8.27. The molecular weight excluding hydrogens is 336 g/mol. The lowest BCUT2D eigenvalue weighted by Gasteiger charge is -2.15. The van der Waals surface area contributed by atoms with Gasteiger partial charge in [0.25, 0.3) is 0 Å². The number of anilines is 1. The Bertz CT molecular complexity index is 955. The summed E-state index contributed by atoms with van der Waals surface area (Å²) in [6.45, 7) is 2.02. The summed E-state index contributed by atoms with van der Waals surface area (Å²) >= 11 is 0. The molecule has 1 saturated carbocycles. The Morgan fingerprint density at radius 2 is 1.96 bits per heavy atom. The number of hydrogen-bond acceptors (Lipinski definition) is 4. The van der Waals surface area contributed by atoms with Crippen molar-refractivity contribution in [1.82, 2.24) is 9.78 Å². The molecule has 1 heterocycles. The highest BCUT2D eigenvalue weighted by atomic mass is 16.5. The first-order valence-electron chi connectivity index (χ1n) is 9.37. The maximum atomic E-state index is 8.27. The van der Waals surface area contributed by atoms with Gasteiger partial charge >= 0.3 is 0 Å². The van der Waals surface area contributed by atoms with Crippen LogP contribution < -0.4 is 10.1 Å². The van der Waals surface area contributed by atoms with Gasteiger partial charge < -0.3 is 15.5 Å². The topological polar surface area (TPSA) is 62.9 Å². The van der Waals surface area contributed by atoms with Crippen LogP contribution in [0.2, 0.25) is 0 Å². The van der Waals surface area contributed by atoms with Crippen LogP contribution in [0.25, 0.3) is 16.9 Å². The fourth-order valence-corrected chi connectivity index (χ4v) is 3.18. The lowest BCUT2D eigenvalue weighted by atomic mass is 10.0. The minimum absolute atomic E-state index is 0.537. The van der Waals surface area contributed by atoms with E-state index in [1.165, 1.54) is 12.8 Å². The Labute approximate surface area is 159 Å². The molecular formula is C22H24N4O. The number of ether oxygens (including phenoxy) is 1. The number of rotatable bonds is 7. The summed E-state index contributed by atoms with van der Waals surface area (Å²) < 4.78 is 7.18. The Hall–Kier alpha value is -3.08. The molecule has 0 atom stereocenters. The lowest BCUT2D eigenvalue weighted by molar-refractivity contribution is 0.414. The highest BCUT2D eigenvalue weighted by Gasteiger charge is 2.23. The van der Waals surface area contributed by atoms with Crippen LogP contribution in [0, 0.1) is 5.41 Å². The third-order valence-electron chi connectivity index (χ3n) is 4.89. The molecule has 3 aromatic rings. The number of aromatic nitrogens is 2. The zero-order valence-electron chi connectivity index (χ0n) is 15.7. The molecule has 5 nitrogen and oxygen atoms in total. The van der Waals surface area contributed by atoms with Crippen LogP contribution >= 0.6 is 0 Å². The summed E-state index contributed by atoms with van der Waals surface area (Å²) in [5, 5.41) is 16.4. The van der Waals surface area contributed by atoms with Crippen molar-refractivity contribution < 1.29 is 4.74 Å². The van der Waals surface area contributed by atoms with Gasteiger partial charge in [0.15, 0.2) is 0 Å². The number of nitrogens with zero attached hydrogens (tertiary/aromatic N) is 2. The van der Waals surface area contributed by atoms with Crippen LogP contribution in [0.15, 0.2) is 54.7 Å². The predicted molar refractivity (Wildman–Crippen MR) is 109 cm³/mol. The van der Waals surface area contributed by atoms with E-state index < -0.39 is 0 Å². The van der Waals surface area contributed by atoms with Crippen molar-refractivity contribution in [2.75, 3.05) is 12.4 Å². The number of hydrogen-bond donors (Lipinski definition) is 2. The molecule has 1 fully saturated rings. The summed E-state index contributed by atoms with van der Waals surface area (Å²) in [4.78, 5) is 0. The third-order valence-corrected chi connectivity index (χ3v) is 4.89. The van der Waals surface area contributed by atoms with Crippen LogP contribution in [0.1, 0.15) is 31.7 Å². The molecule has 0 bridgehead atoms. The van der Waals surface area contributed by atoms with Gasteiger partial charge in [-0.3, -0.25) is 0 Å². The fraction of sp³-hybridized carbons (Fsp3) is 0.273. The highest BCUT2D eigenvalue weighted by molar-refractivity contribution is 6.03. The van der Waals surface area contributed by atoms with Crippen molar-refractivity contribution >= 4 is 11.4 Å². The molecule has 1 aliphatic rings. The van der Waals surface area contributed by atoms with E-state index >= 15 is 0 Å². The van der Waals surface area contributed by atoms with Gasteiger partial charge in [0.05, 0.1) is 24.7 Å². The van der Waals surface area contributed by atoms with Crippen LogP contribution in [-0.2, 0) is 0 Å². The zero-order valence-corrected chi connectivity index (χ0v) is 15.7. The quantitative estimate of drug-likeness (QED) is 0.589. The molecule has 138 valence electrons. The average Bonchev–Trinajstić information content (AvgIpc) is 3.39. The van der Waals surface area contributed by atoms with E-state index in [2.05, 4.69) is 28.6 Å². The van der Waals surface area contributed by atoms with Crippen molar-refractivity contribution in [2.45, 2.75) is 32.2 Å². The van der Waals surface area contributed by atoms with E-state index in [0.717, 1.165) is 40.4 Å². The zero-order chi connectivity index (χ0) is 18.8. The maximum Gasteiger partial charge on any atom is 0.119 e. The Morgan fingerprint density at radius 3 is 2.63 bits per heavy atom. The molecule has 0 unspecified atom stereocenters. The molecule has 0 radical (unpaired) electrons. The van der Waals surface area contributed by atoms with Crippen molar-refractivity contribution in [3.63, 3.8) is 0 Å². The summed E-state index contributed by atoms with van der Waals surface area (Å²) in [5.74, 6) is 0.825. The van der Waals surface area contributed by atoms with E-state index in [4.69, 9.17) is 10.1 Å². The van der Waals surface area contributed by atoms with Gasteiger partial charge in [-0.25, -0.2) is 4.68 Å². The second kappa shape index (κ2) is 7.27. The van der Waals surface area contributed by atoms with Crippen LogP contribution in [0.5, 0.6) is 5.75 Å². The van der Waals surface area contributed by atoms with Gasteiger partial charge in [0.1, 0.15) is 5.75 Å². The molecule has 4 rings (SSSR count). The average molecular weight is 360 g/mol. The van der Waals surface area contributed by atoms with E-state index in [9.17, 15) is 0 Å². The second-order valence-corrected chi connectivity index (χ2v) is 6.84. The van der Waals surface area contributed by atoms with Gasteiger partial charge in [-0.2, -0.15) is 5.10 Å². The fourth-order valence-electron chi connectivity index (χ4n) is 3.18. The van der Waals surface area contributed by atoms with E-state index in [-0.39, 0.29) is 0 Å². The molecule has 0 spiro atoms. The van der Waals surface area contributed by atoms with Crippen LogP contribution in [0.4, 0.5) is 5.69 Å². The minimum atomic E-state index is 0.537. The highest BCUT2D eigenvalue weighted by Crippen LogP contribution is 2.32. The standard InChI is InChI=1S/C22H24N4O/c1-3-20(23)19-11-4-15(14-21(19)25-16-5-6-16)22-12-13-24-26(22)17-7-9-18(27-2)10-8-17/h4,7-14,16,23,25H,3,5-6H2,1-2H3. The second-order valence-electron chi connectivity index (χ2n) is 6.84. The van der Waals surface area contributed by atoms with Gasteiger partial charge in [0, 0.05) is 28.6 Å². The monoisotopic (exact) mass is 360 g/mol. The number of benzene rings is 2. The SMILES string of the molecule is CCC(=N)c1ccc(-c2ccnn2-c2ccc(OC)cc2)cc1NC1CC1. The summed E-state index contributed by atoms with van der Waals surface area (Å²) in [5.41, 5.74) is 5.78.